The molecule has 1 aromatic carbocycles. The minimum atomic E-state index is -0.424. The lowest BCUT2D eigenvalue weighted by Crippen LogP contribution is -2.28. The third-order valence-electron chi connectivity index (χ3n) is 3.47. The van der Waals surface area contributed by atoms with Crippen LogP contribution in [-0.4, -0.2) is 27.9 Å². The second kappa shape index (κ2) is 4.80. The molecule has 3 rings (SSSR count). The fourth-order valence-corrected chi connectivity index (χ4v) is 2.38. The Morgan fingerprint density at radius 2 is 2.15 bits per heavy atom. The molecule has 0 bridgehead atoms. The van der Waals surface area contributed by atoms with E-state index >= 15 is 0 Å². The van der Waals surface area contributed by atoms with E-state index in [1.807, 2.05) is 35.0 Å². The molecular formula is C14H14N4O2. The van der Waals surface area contributed by atoms with E-state index in [2.05, 4.69) is 4.98 Å². The summed E-state index contributed by atoms with van der Waals surface area (Å²) in [4.78, 5) is 28.8. The molecule has 1 unspecified atom stereocenters. The quantitative estimate of drug-likeness (QED) is 0.891. The molecular weight excluding hydrogens is 256 g/mol. The minimum Gasteiger partial charge on any atom is -0.369 e. The van der Waals surface area contributed by atoms with E-state index in [0.717, 1.165) is 11.4 Å². The Bertz CT molecular complexity index is 651. The molecule has 0 aliphatic carbocycles. The normalized spacial score (nSPS) is 18.5. The van der Waals surface area contributed by atoms with E-state index in [1.54, 1.807) is 17.4 Å². The van der Waals surface area contributed by atoms with Gasteiger partial charge in [0, 0.05) is 36.7 Å². The highest BCUT2D eigenvalue weighted by Crippen LogP contribution is 2.26. The molecule has 1 atom stereocenters. The number of nitrogens with zero attached hydrogens (tertiary/aromatic N) is 3. The lowest BCUT2D eigenvalue weighted by Gasteiger charge is -2.17. The molecule has 2 aromatic rings. The maximum absolute atomic E-state index is 12.0. The molecule has 1 aromatic heterocycles. The topological polar surface area (TPSA) is 81.2 Å². The average Bonchev–Trinajstić information content (AvgIpc) is 3.08. The first-order valence-corrected chi connectivity index (χ1v) is 6.33. The van der Waals surface area contributed by atoms with Crippen molar-refractivity contribution in [2.45, 2.75) is 6.42 Å². The molecule has 2 amide bonds. The van der Waals surface area contributed by atoms with Crippen LogP contribution in [0.2, 0.25) is 0 Å². The SMILES string of the molecule is NC(=O)C1CC(=O)N(c2cccc(-n3ccnc3)c2)C1. The van der Waals surface area contributed by atoms with E-state index in [-0.39, 0.29) is 12.3 Å². The molecule has 6 heteroatoms. The summed E-state index contributed by atoms with van der Waals surface area (Å²) in [5.74, 6) is -0.900. The highest BCUT2D eigenvalue weighted by Gasteiger charge is 2.33. The summed E-state index contributed by atoms with van der Waals surface area (Å²) in [6.07, 6.45) is 5.40. The fraction of sp³-hybridized carbons (Fsp3) is 0.214. The molecule has 0 radical (unpaired) electrons. The van der Waals surface area contributed by atoms with Crippen molar-refractivity contribution in [1.82, 2.24) is 9.55 Å². The van der Waals surface area contributed by atoms with Crippen molar-refractivity contribution in [1.29, 1.82) is 0 Å². The van der Waals surface area contributed by atoms with E-state index in [9.17, 15) is 9.59 Å². The Labute approximate surface area is 115 Å². The molecule has 2 heterocycles. The molecule has 102 valence electrons. The van der Waals surface area contributed by atoms with Crippen molar-refractivity contribution in [3.8, 4) is 5.69 Å². The number of rotatable bonds is 3. The molecule has 1 aliphatic rings. The lowest BCUT2D eigenvalue weighted by molar-refractivity contribution is -0.123. The van der Waals surface area contributed by atoms with Crippen LogP contribution >= 0.6 is 0 Å². The molecule has 20 heavy (non-hydrogen) atoms. The Morgan fingerprint density at radius 1 is 1.35 bits per heavy atom. The smallest absolute Gasteiger partial charge is 0.227 e. The first-order chi connectivity index (χ1) is 9.65. The zero-order valence-electron chi connectivity index (χ0n) is 10.8. The Hall–Kier alpha value is -2.63. The van der Waals surface area contributed by atoms with E-state index in [1.165, 1.54) is 0 Å². The van der Waals surface area contributed by atoms with Crippen LogP contribution in [0, 0.1) is 5.92 Å². The molecule has 0 spiro atoms. The van der Waals surface area contributed by atoms with Gasteiger partial charge in [-0.1, -0.05) is 6.07 Å². The fourth-order valence-electron chi connectivity index (χ4n) is 2.38. The van der Waals surface area contributed by atoms with Gasteiger partial charge in [-0.25, -0.2) is 4.98 Å². The molecule has 2 N–H and O–H groups in total. The van der Waals surface area contributed by atoms with Crippen molar-refractivity contribution >= 4 is 17.5 Å². The van der Waals surface area contributed by atoms with Crippen LogP contribution in [0.4, 0.5) is 5.69 Å². The number of nitrogens with two attached hydrogens (primary N) is 1. The zero-order chi connectivity index (χ0) is 14.1. The Kier molecular flexibility index (Phi) is 2.98. The molecule has 1 aliphatic heterocycles. The maximum Gasteiger partial charge on any atom is 0.227 e. The van der Waals surface area contributed by atoms with Crippen molar-refractivity contribution in [2.75, 3.05) is 11.4 Å². The highest BCUT2D eigenvalue weighted by atomic mass is 16.2. The number of primary amides is 1. The van der Waals surface area contributed by atoms with Crippen LogP contribution in [0.25, 0.3) is 5.69 Å². The third-order valence-corrected chi connectivity index (χ3v) is 3.47. The van der Waals surface area contributed by atoms with E-state index in [0.29, 0.717) is 6.54 Å². The van der Waals surface area contributed by atoms with Gasteiger partial charge in [0.1, 0.15) is 0 Å². The second-order valence-electron chi connectivity index (χ2n) is 4.80. The monoisotopic (exact) mass is 270 g/mol. The van der Waals surface area contributed by atoms with Crippen molar-refractivity contribution < 1.29 is 9.59 Å². The van der Waals surface area contributed by atoms with E-state index < -0.39 is 11.8 Å². The van der Waals surface area contributed by atoms with Crippen molar-refractivity contribution in [2.24, 2.45) is 11.7 Å². The van der Waals surface area contributed by atoms with Crippen molar-refractivity contribution in [3.05, 3.63) is 43.0 Å². The number of amides is 2. The first-order valence-electron chi connectivity index (χ1n) is 6.33. The van der Waals surface area contributed by atoms with E-state index in [4.69, 9.17) is 5.73 Å². The van der Waals surface area contributed by atoms with Crippen LogP contribution in [-0.2, 0) is 9.59 Å². The number of benzene rings is 1. The van der Waals surface area contributed by atoms with Gasteiger partial charge in [-0.3, -0.25) is 9.59 Å². The zero-order valence-corrected chi connectivity index (χ0v) is 10.8. The minimum absolute atomic E-state index is 0.0726. The summed E-state index contributed by atoms with van der Waals surface area (Å²) in [6.45, 7) is 0.349. The van der Waals surface area contributed by atoms with Gasteiger partial charge >= 0.3 is 0 Å². The van der Waals surface area contributed by atoms with Gasteiger partial charge < -0.3 is 15.2 Å². The molecule has 1 saturated heterocycles. The third kappa shape index (κ3) is 2.16. The maximum atomic E-state index is 12.0. The highest BCUT2D eigenvalue weighted by molar-refractivity contribution is 6.00. The van der Waals surface area contributed by atoms with Gasteiger partial charge in [-0.2, -0.15) is 0 Å². The Balaban J connectivity index is 1.90. The summed E-state index contributed by atoms with van der Waals surface area (Å²) in [7, 11) is 0. The summed E-state index contributed by atoms with van der Waals surface area (Å²) in [5.41, 5.74) is 6.96. The number of hydrogen-bond donors (Lipinski definition) is 1. The largest absolute Gasteiger partial charge is 0.369 e. The van der Waals surface area contributed by atoms with Gasteiger partial charge in [-0.15, -0.1) is 0 Å². The number of imidazole rings is 1. The summed E-state index contributed by atoms with van der Waals surface area (Å²) in [6, 6.07) is 7.54. The van der Waals surface area contributed by atoms with Crippen LogP contribution in [0.3, 0.4) is 0 Å². The average molecular weight is 270 g/mol. The lowest BCUT2D eigenvalue weighted by atomic mass is 10.1. The number of aromatic nitrogens is 2. The molecule has 1 fully saturated rings. The number of hydrogen-bond acceptors (Lipinski definition) is 3. The predicted molar refractivity (Wildman–Crippen MR) is 73.2 cm³/mol. The van der Waals surface area contributed by atoms with Gasteiger partial charge in [0.05, 0.1) is 12.2 Å². The van der Waals surface area contributed by atoms with Gasteiger partial charge in [0.15, 0.2) is 0 Å². The predicted octanol–water partition coefficient (Wildman–Crippen LogP) is 0.710. The number of carbonyl (C=O) groups is 2. The summed E-state index contributed by atoms with van der Waals surface area (Å²) >= 11 is 0. The summed E-state index contributed by atoms with van der Waals surface area (Å²) < 4.78 is 1.86. The van der Waals surface area contributed by atoms with Gasteiger partial charge in [-0.05, 0) is 18.2 Å². The van der Waals surface area contributed by atoms with Crippen LogP contribution in [0.15, 0.2) is 43.0 Å². The van der Waals surface area contributed by atoms with Gasteiger partial charge in [0.2, 0.25) is 11.8 Å². The Morgan fingerprint density at radius 3 is 2.80 bits per heavy atom. The number of carbonyl (C=O) groups excluding carboxylic acids is 2. The molecule has 0 saturated carbocycles. The van der Waals surface area contributed by atoms with Crippen LogP contribution in [0.1, 0.15) is 6.42 Å². The standard InChI is InChI=1S/C14H14N4O2/c15-14(20)10-6-13(19)18(8-10)12-3-1-2-11(7-12)17-5-4-16-9-17/h1-5,7,9-10H,6,8H2,(H2,15,20). The van der Waals surface area contributed by atoms with Crippen molar-refractivity contribution in [3.63, 3.8) is 0 Å². The van der Waals surface area contributed by atoms with Crippen LogP contribution in [0.5, 0.6) is 0 Å². The van der Waals surface area contributed by atoms with Gasteiger partial charge in [0.25, 0.3) is 0 Å². The summed E-state index contributed by atoms with van der Waals surface area (Å²) in [5, 5.41) is 0. The second-order valence-corrected chi connectivity index (χ2v) is 4.80. The molecule has 6 nitrogen and oxygen atoms in total. The first kappa shape index (κ1) is 12.4. The number of anilines is 1. The van der Waals surface area contributed by atoms with Crippen LogP contribution < -0.4 is 10.6 Å².